The Balaban J connectivity index is 1.67. The lowest BCUT2D eigenvalue weighted by atomic mass is 9.95. The van der Waals surface area contributed by atoms with Crippen LogP contribution in [0.1, 0.15) is 63.7 Å². The van der Waals surface area contributed by atoms with Crippen LogP contribution in [0.4, 0.5) is 0 Å². The molecule has 2 aromatic rings. The predicted molar refractivity (Wildman–Crippen MR) is 124 cm³/mol. The third kappa shape index (κ3) is 7.18. The summed E-state index contributed by atoms with van der Waals surface area (Å²) in [6, 6.07) is 7.46. The molecule has 1 amide bonds. The Hall–Kier alpha value is -2.18. The number of imidazole rings is 1. The number of piperidine rings is 1. The van der Waals surface area contributed by atoms with Crippen molar-refractivity contribution in [2.24, 2.45) is 5.92 Å². The molecule has 0 saturated carbocycles. The van der Waals surface area contributed by atoms with Gasteiger partial charge in [-0.3, -0.25) is 4.79 Å². The van der Waals surface area contributed by atoms with Gasteiger partial charge in [0.2, 0.25) is 5.91 Å². The Bertz CT molecular complexity index is 874. The Morgan fingerprint density at radius 2 is 2.03 bits per heavy atom. The Kier molecular flexibility index (Phi) is 8.67. The minimum Gasteiger partial charge on any atom is -0.346 e. The van der Waals surface area contributed by atoms with Gasteiger partial charge in [0.05, 0.1) is 17.9 Å². The molecule has 2 N–H and O–H groups in total. The zero-order chi connectivity index (χ0) is 22.2. The summed E-state index contributed by atoms with van der Waals surface area (Å²) in [6.45, 7) is 3.53. The van der Waals surface area contributed by atoms with Crippen molar-refractivity contribution in [1.29, 1.82) is 0 Å². The predicted octanol–water partition coefficient (Wildman–Crippen LogP) is 4.77. The molecule has 1 aliphatic rings. The molecular weight excluding hydrogens is 412 g/mol. The van der Waals surface area contributed by atoms with Crippen molar-refractivity contribution in [3.8, 4) is 11.3 Å². The van der Waals surface area contributed by atoms with Gasteiger partial charge < -0.3 is 20.0 Å². The first-order chi connectivity index (χ1) is 14.9. The summed E-state index contributed by atoms with van der Waals surface area (Å²) in [5.74, 6) is 1.16. The van der Waals surface area contributed by atoms with E-state index in [9.17, 15) is 9.59 Å². The molecule has 31 heavy (non-hydrogen) atoms. The van der Waals surface area contributed by atoms with Crippen LogP contribution in [-0.4, -0.2) is 46.7 Å². The summed E-state index contributed by atoms with van der Waals surface area (Å²) in [5, 5.41) is 3.92. The molecule has 0 aliphatic carbocycles. The number of Topliss-reactive ketones (excluding diaryl/α,β-unsaturated/α-hetero) is 1. The number of halogens is 1. The van der Waals surface area contributed by atoms with Crippen LogP contribution in [0.2, 0.25) is 5.02 Å². The molecular formula is C24H33ClN4O2. The Morgan fingerprint density at radius 1 is 1.26 bits per heavy atom. The molecule has 3 rings (SSSR count). The lowest BCUT2D eigenvalue weighted by molar-refractivity contribution is -0.127. The van der Waals surface area contributed by atoms with Crippen LogP contribution in [0.25, 0.3) is 11.3 Å². The van der Waals surface area contributed by atoms with Crippen molar-refractivity contribution in [2.45, 2.75) is 57.9 Å². The first-order valence-electron chi connectivity index (χ1n) is 11.2. The van der Waals surface area contributed by atoms with Crippen molar-refractivity contribution in [3.63, 3.8) is 0 Å². The van der Waals surface area contributed by atoms with Gasteiger partial charge in [-0.15, -0.1) is 0 Å². The maximum atomic E-state index is 13.0. The van der Waals surface area contributed by atoms with Gasteiger partial charge in [0.15, 0.2) is 0 Å². The molecule has 1 fully saturated rings. The number of amides is 1. The number of unbranched alkanes of at least 4 members (excludes halogenated alkanes) is 2. The number of benzene rings is 1. The van der Waals surface area contributed by atoms with Gasteiger partial charge in [-0.05, 0) is 64.9 Å². The van der Waals surface area contributed by atoms with Crippen LogP contribution in [0.5, 0.6) is 0 Å². The van der Waals surface area contributed by atoms with Crippen LogP contribution in [-0.2, 0) is 9.59 Å². The van der Waals surface area contributed by atoms with E-state index in [0.717, 1.165) is 68.7 Å². The number of nitrogens with one attached hydrogen (secondary N) is 2. The number of carbonyl (C=O) groups is 2. The average molecular weight is 445 g/mol. The van der Waals surface area contributed by atoms with E-state index in [1.807, 2.05) is 24.3 Å². The SMILES string of the molecule is CC(=O)CCCCC[C@H](NC(=O)C1CCN(C)CC1)c1ncc(-c2cccc(Cl)c2)[nH]1. The van der Waals surface area contributed by atoms with Gasteiger partial charge in [-0.1, -0.05) is 36.6 Å². The van der Waals surface area contributed by atoms with Crippen LogP contribution in [0, 0.1) is 5.92 Å². The van der Waals surface area contributed by atoms with E-state index in [-0.39, 0.29) is 23.7 Å². The molecule has 6 nitrogen and oxygen atoms in total. The smallest absolute Gasteiger partial charge is 0.223 e. The molecule has 0 bridgehead atoms. The highest BCUT2D eigenvalue weighted by molar-refractivity contribution is 6.30. The standard InChI is InChI=1S/C24H33ClN4O2/c1-17(30)7-4-3-5-10-21(28-24(31)18-11-13-29(2)14-12-18)23-26-16-22(27-23)19-8-6-9-20(25)15-19/h6,8-9,15-16,18,21H,3-5,7,10-14H2,1-2H3,(H,26,27)(H,28,31)/t21-/m0/s1. The number of nitrogens with zero attached hydrogens (tertiary/aromatic N) is 2. The molecule has 1 aromatic heterocycles. The number of likely N-dealkylation sites (tertiary alicyclic amines) is 1. The van der Waals surface area contributed by atoms with Crippen LogP contribution in [0.3, 0.4) is 0 Å². The van der Waals surface area contributed by atoms with E-state index in [1.165, 1.54) is 0 Å². The third-order valence-corrected chi connectivity index (χ3v) is 6.22. The number of H-pyrrole nitrogens is 1. The largest absolute Gasteiger partial charge is 0.346 e. The number of ketones is 1. The number of rotatable bonds is 10. The Morgan fingerprint density at radius 3 is 2.74 bits per heavy atom. The fraction of sp³-hybridized carbons (Fsp3) is 0.542. The number of aromatic nitrogens is 2. The molecule has 0 spiro atoms. The first kappa shape index (κ1) is 23.5. The summed E-state index contributed by atoms with van der Waals surface area (Å²) in [7, 11) is 2.10. The number of carbonyl (C=O) groups excluding carboxylic acids is 2. The molecule has 1 saturated heterocycles. The molecule has 168 valence electrons. The maximum absolute atomic E-state index is 13.0. The van der Waals surface area contributed by atoms with Crippen LogP contribution >= 0.6 is 11.6 Å². The topological polar surface area (TPSA) is 78.1 Å². The van der Waals surface area contributed by atoms with Gasteiger partial charge in [0, 0.05) is 22.9 Å². The minimum absolute atomic E-state index is 0.0544. The molecule has 1 atom stereocenters. The van der Waals surface area contributed by atoms with Crippen molar-refractivity contribution >= 4 is 23.3 Å². The van der Waals surface area contributed by atoms with Crippen molar-refractivity contribution in [3.05, 3.63) is 41.3 Å². The Labute approximate surface area is 189 Å². The fourth-order valence-corrected chi connectivity index (χ4v) is 4.24. The summed E-state index contributed by atoms with van der Waals surface area (Å²) in [4.78, 5) is 34.4. The molecule has 1 aliphatic heterocycles. The van der Waals surface area contributed by atoms with Gasteiger partial charge in [0.1, 0.15) is 11.6 Å². The van der Waals surface area contributed by atoms with Gasteiger partial charge >= 0.3 is 0 Å². The molecule has 1 aromatic carbocycles. The molecule has 7 heteroatoms. The lowest BCUT2D eigenvalue weighted by Crippen LogP contribution is -2.40. The highest BCUT2D eigenvalue weighted by Gasteiger charge is 2.26. The van der Waals surface area contributed by atoms with E-state index >= 15 is 0 Å². The molecule has 0 radical (unpaired) electrons. The highest BCUT2D eigenvalue weighted by atomic mass is 35.5. The van der Waals surface area contributed by atoms with E-state index in [2.05, 4.69) is 27.2 Å². The second-order valence-electron chi connectivity index (χ2n) is 8.63. The molecule has 2 heterocycles. The van der Waals surface area contributed by atoms with Crippen LogP contribution in [0.15, 0.2) is 30.5 Å². The zero-order valence-electron chi connectivity index (χ0n) is 18.5. The highest BCUT2D eigenvalue weighted by Crippen LogP contribution is 2.25. The monoisotopic (exact) mass is 444 g/mol. The van der Waals surface area contributed by atoms with Crippen molar-refractivity contribution in [1.82, 2.24) is 20.2 Å². The van der Waals surface area contributed by atoms with Gasteiger partial charge in [-0.2, -0.15) is 0 Å². The summed E-state index contributed by atoms with van der Waals surface area (Å²) in [6.07, 6.45) is 7.76. The van der Waals surface area contributed by atoms with Gasteiger partial charge in [0.25, 0.3) is 0 Å². The average Bonchev–Trinajstić information content (AvgIpc) is 3.23. The van der Waals surface area contributed by atoms with Crippen LogP contribution < -0.4 is 5.32 Å². The normalized spacial score (nSPS) is 16.2. The second-order valence-corrected chi connectivity index (χ2v) is 9.07. The summed E-state index contributed by atoms with van der Waals surface area (Å²) >= 11 is 6.13. The third-order valence-electron chi connectivity index (χ3n) is 5.99. The van der Waals surface area contributed by atoms with Crippen molar-refractivity contribution < 1.29 is 9.59 Å². The van der Waals surface area contributed by atoms with Gasteiger partial charge in [-0.25, -0.2) is 4.98 Å². The number of hydrogen-bond acceptors (Lipinski definition) is 4. The second kappa shape index (κ2) is 11.4. The summed E-state index contributed by atoms with van der Waals surface area (Å²) < 4.78 is 0. The lowest BCUT2D eigenvalue weighted by Gasteiger charge is -2.29. The van der Waals surface area contributed by atoms with E-state index < -0.39 is 0 Å². The van der Waals surface area contributed by atoms with E-state index in [4.69, 9.17) is 11.6 Å². The zero-order valence-corrected chi connectivity index (χ0v) is 19.3. The fourth-order valence-electron chi connectivity index (χ4n) is 4.05. The molecule has 0 unspecified atom stereocenters. The van der Waals surface area contributed by atoms with E-state index in [0.29, 0.717) is 11.4 Å². The summed E-state index contributed by atoms with van der Waals surface area (Å²) in [5.41, 5.74) is 1.85. The van der Waals surface area contributed by atoms with Crippen molar-refractivity contribution in [2.75, 3.05) is 20.1 Å². The van der Waals surface area contributed by atoms with E-state index in [1.54, 1.807) is 13.1 Å². The number of aromatic amines is 1. The maximum Gasteiger partial charge on any atom is 0.223 e. The first-order valence-corrected chi connectivity index (χ1v) is 11.6. The quantitative estimate of drug-likeness (QED) is 0.517. The minimum atomic E-state index is -0.169. The number of hydrogen-bond donors (Lipinski definition) is 2.